The number of aliphatic hydroxyl groups excluding tert-OH is 1. The van der Waals surface area contributed by atoms with Crippen molar-refractivity contribution < 1.29 is 14.8 Å². The smallest absolute Gasteiger partial charge is 0.270 e. The lowest BCUT2D eigenvalue weighted by Crippen LogP contribution is -2.49. The van der Waals surface area contributed by atoms with E-state index in [2.05, 4.69) is 24.9 Å². The minimum absolute atomic E-state index is 0.0836. The molecule has 0 spiro atoms. The lowest BCUT2D eigenvalue weighted by Gasteiger charge is -2.36. The first-order chi connectivity index (χ1) is 15.5. The number of anilines is 2. The molecule has 0 bridgehead atoms. The summed E-state index contributed by atoms with van der Waals surface area (Å²) >= 11 is 0. The molecule has 3 heterocycles. The summed E-state index contributed by atoms with van der Waals surface area (Å²) in [6.07, 6.45) is 0. The minimum atomic E-state index is -0.494. The van der Waals surface area contributed by atoms with Gasteiger partial charge in [0.1, 0.15) is 0 Å². The first kappa shape index (κ1) is 21.9. The summed E-state index contributed by atoms with van der Waals surface area (Å²) in [6.45, 7) is 6.64. The predicted octanol–water partition coefficient (Wildman–Crippen LogP) is 0.461. The van der Waals surface area contributed by atoms with E-state index >= 15 is 0 Å². The van der Waals surface area contributed by atoms with Gasteiger partial charge in [-0.15, -0.1) is 10.2 Å². The molecular formula is C21H27N7O4. The quantitative estimate of drug-likeness (QED) is 0.504. The molecule has 0 atom stereocenters. The van der Waals surface area contributed by atoms with Crippen molar-refractivity contribution in [3.63, 3.8) is 0 Å². The van der Waals surface area contributed by atoms with Crippen molar-refractivity contribution in [2.45, 2.75) is 0 Å². The molecule has 0 radical (unpaired) electrons. The zero-order valence-electron chi connectivity index (χ0n) is 17.8. The van der Waals surface area contributed by atoms with Crippen molar-refractivity contribution in [1.82, 2.24) is 20.0 Å². The molecule has 0 saturated carbocycles. The summed E-state index contributed by atoms with van der Waals surface area (Å²) in [4.78, 5) is 31.4. The maximum absolute atomic E-state index is 12.7. The van der Waals surface area contributed by atoms with Gasteiger partial charge in [-0.2, -0.15) is 0 Å². The number of aromatic nitrogens is 2. The minimum Gasteiger partial charge on any atom is -0.395 e. The lowest BCUT2D eigenvalue weighted by molar-refractivity contribution is -0.384. The van der Waals surface area contributed by atoms with Crippen LogP contribution >= 0.6 is 0 Å². The number of nitro benzene ring substituents is 1. The van der Waals surface area contributed by atoms with Gasteiger partial charge in [-0.3, -0.25) is 19.8 Å². The third kappa shape index (κ3) is 4.94. The Kier molecular flexibility index (Phi) is 6.76. The SMILES string of the molecule is O=C(c1cccc([N+](=O)[O-])c1)N1CCN(c2ccc(N3CCN(CCO)CC3)nn2)CC1. The molecule has 4 rings (SSSR count). The number of piperazine rings is 2. The van der Waals surface area contributed by atoms with Crippen LogP contribution in [0.5, 0.6) is 0 Å². The zero-order valence-corrected chi connectivity index (χ0v) is 17.8. The Balaban J connectivity index is 1.31. The Morgan fingerprint density at radius 2 is 1.53 bits per heavy atom. The molecule has 1 N–H and O–H groups in total. The largest absolute Gasteiger partial charge is 0.395 e. The number of hydrogen-bond donors (Lipinski definition) is 1. The second-order valence-electron chi connectivity index (χ2n) is 7.89. The van der Waals surface area contributed by atoms with Gasteiger partial charge in [-0.1, -0.05) is 6.07 Å². The molecule has 0 aliphatic carbocycles. The van der Waals surface area contributed by atoms with Gasteiger partial charge in [-0.25, -0.2) is 0 Å². The van der Waals surface area contributed by atoms with Crippen molar-refractivity contribution in [2.75, 3.05) is 75.3 Å². The first-order valence-electron chi connectivity index (χ1n) is 10.8. The van der Waals surface area contributed by atoms with E-state index in [4.69, 9.17) is 5.11 Å². The molecule has 2 aromatic rings. The number of nitrogens with zero attached hydrogens (tertiary/aromatic N) is 7. The van der Waals surface area contributed by atoms with E-state index in [0.29, 0.717) is 38.3 Å². The monoisotopic (exact) mass is 441 g/mol. The van der Waals surface area contributed by atoms with Gasteiger partial charge in [0.15, 0.2) is 11.6 Å². The first-order valence-corrected chi connectivity index (χ1v) is 10.8. The van der Waals surface area contributed by atoms with Gasteiger partial charge in [0.25, 0.3) is 11.6 Å². The number of rotatable bonds is 6. The number of amides is 1. The third-order valence-electron chi connectivity index (χ3n) is 5.94. The molecule has 1 aromatic heterocycles. The van der Waals surface area contributed by atoms with E-state index in [1.807, 2.05) is 12.1 Å². The van der Waals surface area contributed by atoms with Gasteiger partial charge >= 0.3 is 0 Å². The summed E-state index contributed by atoms with van der Waals surface area (Å²) in [5.74, 6) is 1.42. The van der Waals surface area contributed by atoms with Crippen LogP contribution in [-0.4, -0.2) is 101 Å². The second kappa shape index (κ2) is 9.88. The van der Waals surface area contributed by atoms with E-state index < -0.39 is 4.92 Å². The molecule has 2 aliphatic heterocycles. The van der Waals surface area contributed by atoms with Crippen molar-refractivity contribution in [3.8, 4) is 0 Å². The molecule has 11 heteroatoms. The molecule has 32 heavy (non-hydrogen) atoms. The summed E-state index contributed by atoms with van der Waals surface area (Å²) in [6, 6.07) is 9.78. The van der Waals surface area contributed by atoms with E-state index in [1.54, 1.807) is 11.0 Å². The molecule has 2 saturated heterocycles. The van der Waals surface area contributed by atoms with Gasteiger partial charge < -0.3 is 19.8 Å². The van der Waals surface area contributed by atoms with E-state index in [0.717, 1.165) is 37.8 Å². The average Bonchev–Trinajstić information content (AvgIpc) is 2.84. The van der Waals surface area contributed by atoms with E-state index in [9.17, 15) is 14.9 Å². The highest BCUT2D eigenvalue weighted by Gasteiger charge is 2.24. The highest BCUT2D eigenvalue weighted by Crippen LogP contribution is 2.20. The van der Waals surface area contributed by atoms with Crippen LogP contribution in [0, 0.1) is 10.1 Å². The summed E-state index contributed by atoms with van der Waals surface area (Å²) < 4.78 is 0. The maximum Gasteiger partial charge on any atom is 0.270 e. The Hall–Kier alpha value is -3.31. The van der Waals surface area contributed by atoms with Gasteiger partial charge in [-0.05, 0) is 18.2 Å². The number of non-ortho nitro benzene ring substituents is 1. The molecule has 2 aliphatic rings. The number of nitro groups is 1. The van der Waals surface area contributed by atoms with Crippen LogP contribution in [-0.2, 0) is 0 Å². The fourth-order valence-corrected chi connectivity index (χ4v) is 4.07. The number of carbonyl (C=O) groups is 1. The second-order valence-corrected chi connectivity index (χ2v) is 7.89. The normalized spacial score (nSPS) is 17.5. The third-order valence-corrected chi connectivity index (χ3v) is 5.94. The van der Waals surface area contributed by atoms with Crippen LogP contribution in [0.4, 0.5) is 17.3 Å². The van der Waals surface area contributed by atoms with Crippen LogP contribution in [0.1, 0.15) is 10.4 Å². The Bertz CT molecular complexity index is 939. The van der Waals surface area contributed by atoms with Crippen molar-refractivity contribution in [2.24, 2.45) is 0 Å². The topological polar surface area (TPSA) is 119 Å². The van der Waals surface area contributed by atoms with Gasteiger partial charge in [0.05, 0.1) is 11.5 Å². The van der Waals surface area contributed by atoms with Crippen molar-refractivity contribution in [1.29, 1.82) is 0 Å². The Labute approximate surface area is 186 Å². The number of benzene rings is 1. The fraction of sp³-hybridized carbons (Fsp3) is 0.476. The number of β-amino-alcohol motifs (C(OH)–C–C–N with tert-alkyl or cyclic N) is 1. The molecular weight excluding hydrogens is 414 g/mol. The van der Waals surface area contributed by atoms with E-state index in [-0.39, 0.29) is 18.2 Å². The predicted molar refractivity (Wildman–Crippen MR) is 119 cm³/mol. The summed E-state index contributed by atoms with van der Waals surface area (Å²) in [5, 5.41) is 28.8. The molecule has 1 amide bonds. The van der Waals surface area contributed by atoms with Crippen molar-refractivity contribution >= 4 is 23.2 Å². The molecule has 1 aromatic carbocycles. The molecule has 2 fully saturated rings. The van der Waals surface area contributed by atoms with Crippen LogP contribution in [0.15, 0.2) is 36.4 Å². The molecule has 170 valence electrons. The number of hydrogen-bond acceptors (Lipinski definition) is 9. The van der Waals surface area contributed by atoms with E-state index in [1.165, 1.54) is 18.2 Å². The highest BCUT2D eigenvalue weighted by atomic mass is 16.6. The van der Waals surface area contributed by atoms with Crippen LogP contribution in [0.2, 0.25) is 0 Å². The Morgan fingerprint density at radius 3 is 2.06 bits per heavy atom. The summed E-state index contributed by atoms with van der Waals surface area (Å²) in [7, 11) is 0. The molecule has 11 nitrogen and oxygen atoms in total. The number of carbonyl (C=O) groups excluding carboxylic acids is 1. The zero-order chi connectivity index (χ0) is 22.5. The number of aliphatic hydroxyl groups is 1. The standard InChI is InChI=1S/C21H27N7O4/c29-15-14-24-6-8-25(9-7-24)19-4-5-20(23-22-19)26-10-12-27(13-11-26)21(30)17-2-1-3-18(16-17)28(31)32/h1-5,16,29H,6-15H2. The van der Waals surface area contributed by atoms with Gasteiger partial charge in [0, 0.05) is 76.6 Å². The van der Waals surface area contributed by atoms with Crippen LogP contribution in [0.25, 0.3) is 0 Å². The van der Waals surface area contributed by atoms with Gasteiger partial charge in [0.2, 0.25) is 0 Å². The lowest BCUT2D eigenvalue weighted by atomic mass is 10.1. The van der Waals surface area contributed by atoms with Crippen molar-refractivity contribution in [3.05, 3.63) is 52.1 Å². The highest BCUT2D eigenvalue weighted by molar-refractivity contribution is 5.95. The molecule has 0 unspecified atom stereocenters. The Morgan fingerprint density at radius 1 is 0.938 bits per heavy atom. The van der Waals surface area contributed by atoms with Crippen LogP contribution < -0.4 is 9.80 Å². The fourth-order valence-electron chi connectivity index (χ4n) is 4.07. The summed E-state index contributed by atoms with van der Waals surface area (Å²) in [5.41, 5.74) is 0.246. The average molecular weight is 441 g/mol. The maximum atomic E-state index is 12.7. The van der Waals surface area contributed by atoms with Crippen LogP contribution in [0.3, 0.4) is 0 Å².